The van der Waals surface area contributed by atoms with Gasteiger partial charge in [-0.3, -0.25) is 13.9 Å². The standard InChI is InChI=1S/C31H37F2N3O6S/c1-7-26(30(38)34-31(2,3)4)35(19-21-8-10-22(32)11-9-21)29(37)20-36(24-14-12-23(33)13-15-24)43(39,40)25-16-17-27(41-5)28(18-25)42-6/h8-18,26H,7,19-20H2,1-6H3,(H,34,38)/t26-/m0/s1. The third-order valence-electron chi connectivity index (χ3n) is 6.49. The molecular formula is C31H37F2N3O6S. The molecule has 0 aliphatic carbocycles. The van der Waals surface area contributed by atoms with Gasteiger partial charge in [0.05, 0.1) is 24.8 Å². The Kier molecular flexibility index (Phi) is 10.7. The summed E-state index contributed by atoms with van der Waals surface area (Å²) >= 11 is 0. The molecule has 0 saturated heterocycles. The second-order valence-electron chi connectivity index (χ2n) is 10.8. The van der Waals surface area contributed by atoms with Gasteiger partial charge in [0.15, 0.2) is 11.5 Å². The van der Waals surface area contributed by atoms with Gasteiger partial charge in [-0.1, -0.05) is 19.1 Å². The van der Waals surface area contributed by atoms with E-state index in [2.05, 4.69) is 5.32 Å². The fourth-order valence-electron chi connectivity index (χ4n) is 4.40. The third-order valence-corrected chi connectivity index (χ3v) is 8.26. The highest BCUT2D eigenvalue weighted by atomic mass is 32.2. The molecule has 0 spiro atoms. The number of sulfonamides is 1. The number of carbonyl (C=O) groups is 2. The molecule has 43 heavy (non-hydrogen) atoms. The van der Waals surface area contributed by atoms with Crippen molar-refractivity contribution in [3.63, 3.8) is 0 Å². The van der Waals surface area contributed by atoms with Crippen molar-refractivity contribution in [3.8, 4) is 11.5 Å². The van der Waals surface area contributed by atoms with Crippen LogP contribution < -0.4 is 19.1 Å². The Labute approximate surface area is 251 Å². The molecule has 0 bridgehead atoms. The van der Waals surface area contributed by atoms with Crippen LogP contribution in [0.4, 0.5) is 14.5 Å². The smallest absolute Gasteiger partial charge is 0.264 e. The lowest BCUT2D eigenvalue weighted by Crippen LogP contribution is -2.55. The summed E-state index contributed by atoms with van der Waals surface area (Å²) in [6, 6.07) is 13.1. The van der Waals surface area contributed by atoms with Gasteiger partial charge in [-0.05, 0) is 81.3 Å². The molecule has 0 unspecified atom stereocenters. The molecule has 3 aromatic rings. The molecule has 3 aromatic carbocycles. The van der Waals surface area contributed by atoms with Crippen molar-refractivity contribution >= 4 is 27.5 Å². The van der Waals surface area contributed by atoms with Crippen LogP contribution in [0.2, 0.25) is 0 Å². The maximum atomic E-state index is 14.1. The van der Waals surface area contributed by atoms with E-state index in [-0.39, 0.29) is 29.3 Å². The van der Waals surface area contributed by atoms with Crippen LogP contribution in [0.5, 0.6) is 11.5 Å². The molecule has 0 fully saturated rings. The maximum Gasteiger partial charge on any atom is 0.264 e. The number of hydrogen-bond acceptors (Lipinski definition) is 6. The Morgan fingerprint density at radius 3 is 1.95 bits per heavy atom. The average molecular weight is 618 g/mol. The summed E-state index contributed by atoms with van der Waals surface area (Å²) in [5.74, 6) is -1.75. The fraction of sp³-hybridized carbons (Fsp3) is 0.355. The summed E-state index contributed by atoms with van der Waals surface area (Å²) in [5, 5.41) is 2.88. The van der Waals surface area contributed by atoms with E-state index in [9.17, 15) is 26.8 Å². The lowest BCUT2D eigenvalue weighted by atomic mass is 10.1. The van der Waals surface area contributed by atoms with Gasteiger partial charge < -0.3 is 19.7 Å². The molecule has 0 aliphatic rings. The molecule has 3 rings (SSSR count). The number of benzene rings is 3. The minimum Gasteiger partial charge on any atom is -0.493 e. The molecule has 0 radical (unpaired) electrons. The number of carbonyl (C=O) groups excluding carboxylic acids is 2. The van der Waals surface area contributed by atoms with Crippen molar-refractivity contribution in [1.29, 1.82) is 0 Å². The topological polar surface area (TPSA) is 105 Å². The second-order valence-corrected chi connectivity index (χ2v) is 12.7. The average Bonchev–Trinajstić information content (AvgIpc) is 2.95. The fourth-order valence-corrected chi connectivity index (χ4v) is 5.83. The van der Waals surface area contributed by atoms with Gasteiger partial charge in [0.2, 0.25) is 11.8 Å². The van der Waals surface area contributed by atoms with E-state index in [1.165, 1.54) is 73.7 Å². The predicted octanol–water partition coefficient (Wildman–Crippen LogP) is 4.90. The molecule has 1 atom stereocenters. The Bertz CT molecular complexity index is 1520. The van der Waals surface area contributed by atoms with Crippen molar-refractivity contribution < 1.29 is 36.3 Å². The lowest BCUT2D eigenvalue weighted by molar-refractivity contribution is -0.141. The van der Waals surface area contributed by atoms with Crippen LogP contribution in [0.3, 0.4) is 0 Å². The molecule has 0 heterocycles. The number of nitrogens with zero attached hydrogens (tertiary/aromatic N) is 2. The van der Waals surface area contributed by atoms with E-state index in [1.54, 1.807) is 27.7 Å². The van der Waals surface area contributed by atoms with E-state index >= 15 is 0 Å². The van der Waals surface area contributed by atoms with E-state index in [0.717, 1.165) is 16.4 Å². The molecule has 12 heteroatoms. The summed E-state index contributed by atoms with van der Waals surface area (Å²) < 4.78 is 66.9. The number of halogens is 2. The minimum atomic E-state index is -4.44. The van der Waals surface area contributed by atoms with Crippen LogP contribution in [-0.2, 0) is 26.2 Å². The zero-order valence-corrected chi connectivity index (χ0v) is 25.9. The Balaban J connectivity index is 2.10. The first-order chi connectivity index (χ1) is 20.2. The van der Waals surface area contributed by atoms with Gasteiger partial charge in [-0.25, -0.2) is 17.2 Å². The zero-order valence-electron chi connectivity index (χ0n) is 25.1. The van der Waals surface area contributed by atoms with Crippen LogP contribution in [0, 0.1) is 11.6 Å². The van der Waals surface area contributed by atoms with Crippen molar-refractivity contribution in [2.24, 2.45) is 0 Å². The Morgan fingerprint density at radius 2 is 1.44 bits per heavy atom. The summed E-state index contributed by atoms with van der Waals surface area (Å²) in [6.07, 6.45) is 0.216. The van der Waals surface area contributed by atoms with E-state index in [4.69, 9.17) is 9.47 Å². The normalized spacial score (nSPS) is 12.3. The molecular weight excluding hydrogens is 580 g/mol. The van der Waals surface area contributed by atoms with Crippen LogP contribution in [0.25, 0.3) is 0 Å². The molecule has 2 amide bonds. The highest BCUT2D eigenvalue weighted by Gasteiger charge is 2.35. The van der Waals surface area contributed by atoms with E-state index in [1.807, 2.05) is 0 Å². The number of ether oxygens (including phenoxy) is 2. The largest absolute Gasteiger partial charge is 0.493 e. The molecule has 232 valence electrons. The van der Waals surface area contributed by atoms with Gasteiger partial charge in [0.25, 0.3) is 10.0 Å². The first-order valence-electron chi connectivity index (χ1n) is 13.6. The first-order valence-corrected chi connectivity index (χ1v) is 15.0. The quantitative estimate of drug-likeness (QED) is 0.310. The predicted molar refractivity (Wildman–Crippen MR) is 159 cm³/mol. The molecule has 1 N–H and O–H groups in total. The summed E-state index contributed by atoms with van der Waals surface area (Å²) in [4.78, 5) is 28.5. The number of rotatable bonds is 12. The summed E-state index contributed by atoms with van der Waals surface area (Å²) in [6.45, 7) is 6.32. The highest BCUT2D eigenvalue weighted by molar-refractivity contribution is 7.92. The number of methoxy groups -OCH3 is 2. The van der Waals surface area contributed by atoms with E-state index in [0.29, 0.717) is 11.3 Å². The van der Waals surface area contributed by atoms with Gasteiger partial charge in [0.1, 0.15) is 24.2 Å². The van der Waals surface area contributed by atoms with Crippen molar-refractivity contribution in [2.75, 3.05) is 25.1 Å². The van der Waals surface area contributed by atoms with Crippen molar-refractivity contribution in [2.45, 2.75) is 57.1 Å². The maximum absolute atomic E-state index is 14.1. The monoisotopic (exact) mass is 617 g/mol. The Morgan fingerprint density at radius 1 is 0.884 bits per heavy atom. The summed E-state index contributed by atoms with van der Waals surface area (Å²) in [7, 11) is -1.67. The van der Waals surface area contributed by atoms with Gasteiger partial charge in [-0.15, -0.1) is 0 Å². The van der Waals surface area contributed by atoms with Gasteiger partial charge >= 0.3 is 0 Å². The number of nitrogens with one attached hydrogen (secondary N) is 1. The molecule has 0 saturated carbocycles. The highest BCUT2D eigenvalue weighted by Crippen LogP contribution is 2.32. The van der Waals surface area contributed by atoms with Crippen molar-refractivity contribution in [3.05, 3.63) is 83.9 Å². The van der Waals surface area contributed by atoms with E-state index < -0.39 is 51.6 Å². The van der Waals surface area contributed by atoms with Crippen LogP contribution in [0.1, 0.15) is 39.7 Å². The second kappa shape index (κ2) is 13.9. The minimum absolute atomic E-state index is 0.0264. The first kappa shape index (κ1) is 33.3. The number of anilines is 1. The van der Waals surface area contributed by atoms with Crippen LogP contribution in [0.15, 0.2) is 71.6 Å². The Hall–Kier alpha value is -4.19. The molecule has 0 aliphatic heterocycles. The van der Waals surface area contributed by atoms with Crippen molar-refractivity contribution in [1.82, 2.24) is 10.2 Å². The summed E-state index contributed by atoms with van der Waals surface area (Å²) in [5.41, 5.74) is -0.0438. The van der Waals surface area contributed by atoms with Gasteiger partial charge in [0, 0.05) is 18.2 Å². The van der Waals surface area contributed by atoms with Crippen LogP contribution in [-0.4, -0.2) is 57.5 Å². The lowest BCUT2D eigenvalue weighted by Gasteiger charge is -2.34. The third kappa shape index (κ3) is 8.44. The SMILES string of the molecule is CC[C@@H](C(=O)NC(C)(C)C)N(Cc1ccc(F)cc1)C(=O)CN(c1ccc(F)cc1)S(=O)(=O)c1ccc(OC)c(OC)c1. The van der Waals surface area contributed by atoms with Crippen LogP contribution >= 0.6 is 0 Å². The molecule has 0 aromatic heterocycles. The zero-order chi connectivity index (χ0) is 31.9. The van der Waals surface area contributed by atoms with Gasteiger partial charge in [-0.2, -0.15) is 0 Å². The number of hydrogen-bond donors (Lipinski definition) is 1. The molecule has 9 nitrogen and oxygen atoms in total. The number of amides is 2.